The van der Waals surface area contributed by atoms with Gasteiger partial charge in [-0.3, -0.25) is 4.90 Å². The van der Waals surface area contributed by atoms with Gasteiger partial charge in [0, 0.05) is 3.57 Å². The smallest absolute Gasteiger partial charge is 0.116 e. The molecular weight excluding hydrogens is 313 g/mol. The van der Waals surface area contributed by atoms with Crippen molar-refractivity contribution in [2.24, 2.45) is 0 Å². The van der Waals surface area contributed by atoms with Crippen LogP contribution in [0.1, 0.15) is 32.4 Å². The lowest BCUT2D eigenvalue weighted by Gasteiger charge is -2.29. The molecule has 0 saturated carbocycles. The van der Waals surface area contributed by atoms with Crippen molar-refractivity contribution in [1.82, 2.24) is 4.90 Å². The molecule has 2 rings (SSSR count). The third-order valence-electron chi connectivity index (χ3n) is 3.40. The van der Waals surface area contributed by atoms with Crippen LogP contribution in [0.15, 0.2) is 24.3 Å². The van der Waals surface area contributed by atoms with Gasteiger partial charge in [-0.2, -0.15) is 0 Å². The van der Waals surface area contributed by atoms with Gasteiger partial charge in [0.15, 0.2) is 0 Å². The molecule has 1 saturated heterocycles. The van der Waals surface area contributed by atoms with Crippen LogP contribution in [0.3, 0.4) is 0 Å². The van der Waals surface area contributed by atoms with E-state index in [4.69, 9.17) is 4.74 Å². The molecule has 0 aromatic heterocycles. The zero-order valence-corrected chi connectivity index (χ0v) is 12.4. The Morgan fingerprint density at radius 3 is 2.25 bits per heavy atom. The molecule has 0 bridgehead atoms. The van der Waals surface area contributed by atoms with Gasteiger partial charge in [0.05, 0.1) is 12.1 Å². The second-order valence-electron chi connectivity index (χ2n) is 4.88. The number of rotatable bonds is 1. The van der Waals surface area contributed by atoms with Gasteiger partial charge in [-0.05, 0) is 68.1 Å². The summed E-state index contributed by atoms with van der Waals surface area (Å²) in [5.74, 6) is 0. The van der Waals surface area contributed by atoms with E-state index < -0.39 is 0 Å². The molecule has 0 spiro atoms. The van der Waals surface area contributed by atoms with E-state index in [-0.39, 0.29) is 11.8 Å². The van der Waals surface area contributed by atoms with Gasteiger partial charge in [0.25, 0.3) is 0 Å². The second-order valence-corrected chi connectivity index (χ2v) is 6.12. The summed E-state index contributed by atoms with van der Waals surface area (Å²) >= 11 is 2.33. The minimum absolute atomic E-state index is 0.174. The van der Waals surface area contributed by atoms with E-state index in [9.17, 15) is 0 Å². The molecule has 1 aliphatic rings. The van der Waals surface area contributed by atoms with Gasteiger partial charge < -0.3 is 4.74 Å². The van der Waals surface area contributed by atoms with Crippen LogP contribution in [-0.2, 0) is 4.74 Å². The normalized spacial score (nSPS) is 29.6. The summed E-state index contributed by atoms with van der Waals surface area (Å²) in [6.45, 7) is 6.39. The quantitative estimate of drug-likeness (QED) is 0.731. The van der Waals surface area contributed by atoms with E-state index in [1.165, 1.54) is 9.13 Å². The summed E-state index contributed by atoms with van der Waals surface area (Å²) < 4.78 is 7.26. The summed E-state index contributed by atoms with van der Waals surface area (Å²) in [6, 6.07) is 9.06. The Hall–Kier alpha value is -0.130. The SMILES string of the molecule is CC1OC(C)(C)N(C)[C@H]1c1ccc(I)cc1. The third-order valence-corrected chi connectivity index (χ3v) is 4.12. The van der Waals surface area contributed by atoms with Crippen molar-refractivity contribution in [1.29, 1.82) is 0 Å². The number of likely N-dealkylation sites (N-methyl/N-ethyl adjacent to an activating group) is 1. The Morgan fingerprint density at radius 2 is 1.81 bits per heavy atom. The van der Waals surface area contributed by atoms with Crippen LogP contribution in [0.2, 0.25) is 0 Å². The first-order valence-electron chi connectivity index (χ1n) is 5.58. The van der Waals surface area contributed by atoms with E-state index in [2.05, 4.69) is 79.6 Å². The van der Waals surface area contributed by atoms with Crippen LogP contribution in [-0.4, -0.2) is 23.8 Å². The minimum Gasteiger partial charge on any atom is -0.356 e. The predicted molar refractivity (Wildman–Crippen MR) is 74.3 cm³/mol. The zero-order chi connectivity index (χ0) is 11.9. The van der Waals surface area contributed by atoms with Crippen molar-refractivity contribution in [3.63, 3.8) is 0 Å². The van der Waals surface area contributed by atoms with E-state index >= 15 is 0 Å². The highest BCUT2D eigenvalue weighted by molar-refractivity contribution is 14.1. The molecule has 0 radical (unpaired) electrons. The van der Waals surface area contributed by atoms with Crippen molar-refractivity contribution >= 4 is 22.6 Å². The summed E-state index contributed by atoms with van der Waals surface area (Å²) in [5, 5.41) is 0. The lowest BCUT2D eigenvalue weighted by molar-refractivity contribution is -0.0627. The van der Waals surface area contributed by atoms with Crippen LogP contribution in [0.25, 0.3) is 0 Å². The largest absolute Gasteiger partial charge is 0.356 e. The van der Waals surface area contributed by atoms with Crippen molar-refractivity contribution in [3.8, 4) is 0 Å². The molecule has 1 unspecified atom stereocenters. The fourth-order valence-electron chi connectivity index (χ4n) is 2.41. The molecule has 0 N–H and O–H groups in total. The first-order valence-corrected chi connectivity index (χ1v) is 6.66. The highest BCUT2D eigenvalue weighted by Crippen LogP contribution is 2.39. The standard InChI is InChI=1S/C13H18INO/c1-9-12(15(4)13(2,3)16-9)10-5-7-11(14)8-6-10/h5-9,12H,1-4H3/t9?,12-/m1/s1. The fraction of sp³-hybridized carbons (Fsp3) is 0.538. The molecule has 3 heteroatoms. The maximum atomic E-state index is 5.98. The van der Waals surface area contributed by atoms with Crippen molar-refractivity contribution in [2.45, 2.75) is 38.6 Å². The Kier molecular flexibility index (Phi) is 3.29. The zero-order valence-electron chi connectivity index (χ0n) is 10.2. The van der Waals surface area contributed by atoms with Crippen molar-refractivity contribution in [2.75, 3.05) is 7.05 Å². The molecule has 88 valence electrons. The van der Waals surface area contributed by atoms with Gasteiger partial charge in [-0.25, -0.2) is 0 Å². The van der Waals surface area contributed by atoms with Crippen LogP contribution >= 0.6 is 22.6 Å². The van der Waals surface area contributed by atoms with E-state index in [0.29, 0.717) is 6.04 Å². The highest BCUT2D eigenvalue weighted by atomic mass is 127. The maximum absolute atomic E-state index is 5.98. The monoisotopic (exact) mass is 331 g/mol. The Morgan fingerprint density at radius 1 is 1.25 bits per heavy atom. The predicted octanol–water partition coefficient (Wildman–Crippen LogP) is 3.42. The topological polar surface area (TPSA) is 12.5 Å². The molecular formula is C13H18INO. The molecule has 1 aromatic carbocycles. The molecule has 2 atom stereocenters. The minimum atomic E-state index is -0.174. The van der Waals surface area contributed by atoms with Crippen LogP contribution in [0.4, 0.5) is 0 Å². The summed E-state index contributed by atoms with van der Waals surface area (Å²) in [5.41, 5.74) is 1.16. The van der Waals surface area contributed by atoms with Crippen molar-refractivity contribution in [3.05, 3.63) is 33.4 Å². The van der Waals surface area contributed by atoms with Gasteiger partial charge in [0.2, 0.25) is 0 Å². The van der Waals surface area contributed by atoms with Gasteiger partial charge in [-0.15, -0.1) is 0 Å². The van der Waals surface area contributed by atoms with Gasteiger partial charge in [0.1, 0.15) is 5.72 Å². The number of hydrogen-bond acceptors (Lipinski definition) is 2. The lowest BCUT2D eigenvalue weighted by atomic mass is 10.0. The molecule has 2 nitrogen and oxygen atoms in total. The third kappa shape index (κ3) is 2.13. The molecule has 0 amide bonds. The van der Waals surface area contributed by atoms with Gasteiger partial charge in [-0.1, -0.05) is 12.1 Å². The van der Waals surface area contributed by atoms with E-state index in [1.807, 2.05) is 0 Å². The summed E-state index contributed by atoms with van der Waals surface area (Å²) in [7, 11) is 2.13. The molecule has 1 aliphatic heterocycles. The molecule has 1 heterocycles. The van der Waals surface area contributed by atoms with Crippen LogP contribution < -0.4 is 0 Å². The van der Waals surface area contributed by atoms with Crippen molar-refractivity contribution < 1.29 is 4.74 Å². The molecule has 16 heavy (non-hydrogen) atoms. The first-order chi connectivity index (χ1) is 7.42. The maximum Gasteiger partial charge on any atom is 0.116 e. The Bertz CT molecular complexity index is 374. The number of benzene rings is 1. The number of hydrogen-bond donors (Lipinski definition) is 0. The number of halogens is 1. The number of ether oxygens (including phenoxy) is 1. The molecule has 1 aromatic rings. The Balaban J connectivity index is 2.31. The van der Waals surface area contributed by atoms with E-state index in [0.717, 1.165) is 0 Å². The highest BCUT2D eigenvalue weighted by Gasteiger charge is 2.43. The summed E-state index contributed by atoms with van der Waals surface area (Å²) in [4.78, 5) is 2.31. The molecule has 1 fully saturated rings. The second kappa shape index (κ2) is 4.27. The summed E-state index contributed by atoms with van der Waals surface area (Å²) in [6.07, 6.45) is 0.236. The Labute approximate surface area is 111 Å². The van der Waals surface area contributed by atoms with E-state index in [1.54, 1.807) is 0 Å². The molecule has 0 aliphatic carbocycles. The average molecular weight is 331 g/mol. The lowest BCUT2D eigenvalue weighted by Crippen LogP contribution is -2.37. The first kappa shape index (κ1) is 12.3. The fourth-order valence-corrected chi connectivity index (χ4v) is 2.77. The van der Waals surface area contributed by atoms with Crippen LogP contribution in [0.5, 0.6) is 0 Å². The van der Waals surface area contributed by atoms with Gasteiger partial charge >= 0.3 is 0 Å². The number of nitrogens with zero attached hydrogens (tertiary/aromatic N) is 1. The average Bonchev–Trinajstić information content (AvgIpc) is 2.39. The van der Waals surface area contributed by atoms with Crippen LogP contribution in [0, 0.1) is 3.57 Å².